The van der Waals surface area contributed by atoms with E-state index in [9.17, 15) is 9.59 Å². The van der Waals surface area contributed by atoms with Gasteiger partial charge in [-0.05, 0) is 54.6 Å². The summed E-state index contributed by atoms with van der Waals surface area (Å²) in [5, 5.41) is 12.6. The molecule has 0 fully saturated rings. The minimum atomic E-state index is -1.05. The van der Waals surface area contributed by atoms with E-state index in [0.717, 1.165) is 0 Å². The monoisotopic (exact) mass is 474 g/mol. The van der Waals surface area contributed by atoms with Crippen LogP contribution in [0.5, 0.6) is 17.2 Å². The van der Waals surface area contributed by atoms with Gasteiger partial charge in [-0.3, -0.25) is 4.79 Å². The minimum Gasteiger partial charge on any atom is -0.497 e. The van der Waals surface area contributed by atoms with Gasteiger partial charge in [0.2, 0.25) is 5.55 Å². The molecule has 4 aromatic rings. The third-order valence-corrected chi connectivity index (χ3v) is 5.19. The number of benzene rings is 3. The van der Waals surface area contributed by atoms with Gasteiger partial charge in [0.25, 0.3) is 5.91 Å². The van der Waals surface area contributed by atoms with Crippen molar-refractivity contribution in [2.75, 3.05) is 26.6 Å². The first-order valence-corrected chi connectivity index (χ1v) is 10.4. The summed E-state index contributed by atoms with van der Waals surface area (Å²) in [4.78, 5) is 28.9. The van der Waals surface area contributed by atoms with Crippen LogP contribution in [0, 0.1) is 0 Å². The van der Waals surface area contributed by atoms with E-state index < -0.39 is 11.9 Å². The molecule has 0 atom stereocenters. The van der Waals surface area contributed by atoms with Crippen molar-refractivity contribution in [3.8, 4) is 17.2 Å². The lowest BCUT2D eigenvalue weighted by molar-refractivity contribution is 0.0696. The highest BCUT2D eigenvalue weighted by Gasteiger charge is 2.15. The largest absolute Gasteiger partial charge is 0.497 e. The maximum absolute atomic E-state index is 13.3. The lowest BCUT2D eigenvalue weighted by Crippen LogP contribution is -2.21. The number of nitrogens with zero attached hydrogens (tertiary/aromatic N) is 1. The van der Waals surface area contributed by atoms with E-state index in [1.165, 1.54) is 38.5 Å². The van der Waals surface area contributed by atoms with Crippen LogP contribution in [0.1, 0.15) is 20.7 Å². The van der Waals surface area contributed by atoms with Crippen LogP contribution in [0.2, 0.25) is 0 Å². The Balaban J connectivity index is 1.80. The molecule has 0 aliphatic carbocycles. The maximum Gasteiger partial charge on any atom is 0.335 e. The van der Waals surface area contributed by atoms with Crippen LogP contribution >= 0.6 is 0 Å². The molecule has 0 saturated carbocycles. The standard InChI is InChI=1S/C26H22N2O7/c1-32-19-10-6-16-12-20(24(29)27-18-9-11-21(33-2)23(13-18)34-3)25(35-22(16)14-19)28-17-7-4-15(5-8-17)26(30)31/h4-14H,1-3H3,(H,27,29)(H,30,31). The number of aromatic carboxylic acids is 1. The molecule has 0 bridgehead atoms. The molecule has 0 aliphatic rings. The van der Waals surface area contributed by atoms with Gasteiger partial charge in [-0.1, -0.05) is 0 Å². The molecular formula is C26H22N2O7. The van der Waals surface area contributed by atoms with Crippen LogP contribution in [-0.4, -0.2) is 38.3 Å². The molecule has 35 heavy (non-hydrogen) atoms. The topological polar surface area (TPSA) is 120 Å². The summed E-state index contributed by atoms with van der Waals surface area (Å²) in [6, 6.07) is 17.8. The zero-order chi connectivity index (χ0) is 24.9. The van der Waals surface area contributed by atoms with Crippen LogP contribution in [-0.2, 0) is 0 Å². The van der Waals surface area contributed by atoms with Gasteiger partial charge in [-0.2, -0.15) is 0 Å². The van der Waals surface area contributed by atoms with Crippen molar-refractivity contribution in [1.29, 1.82) is 0 Å². The minimum absolute atomic E-state index is 0.0480. The summed E-state index contributed by atoms with van der Waals surface area (Å²) in [6.45, 7) is 0. The number of carbonyl (C=O) groups excluding carboxylic acids is 1. The SMILES string of the molecule is COc1ccc2cc(C(=O)Nc3ccc(OC)c(OC)c3)c(=Nc3ccc(C(=O)O)cc3)oc2c1. The van der Waals surface area contributed by atoms with Gasteiger partial charge < -0.3 is 29.1 Å². The van der Waals surface area contributed by atoms with Gasteiger partial charge in [-0.15, -0.1) is 0 Å². The lowest BCUT2D eigenvalue weighted by atomic mass is 10.1. The number of methoxy groups -OCH3 is 3. The highest BCUT2D eigenvalue weighted by Crippen LogP contribution is 2.30. The number of fused-ring (bicyclic) bond motifs is 1. The van der Waals surface area contributed by atoms with Crippen LogP contribution in [0.15, 0.2) is 76.1 Å². The van der Waals surface area contributed by atoms with Crippen LogP contribution < -0.4 is 25.1 Å². The second-order valence-electron chi connectivity index (χ2n) is 7.36. The van der Waals surface area contributed by atoms with E-state index in [1.807, 2.05) is 0 Å². The number of hydrogen-bond acceptors (Lipinski definition) is 7. The number of amides is 1. The highest BCUT2D eigenvalue weighted by molar-refractivity contribution is 6.05. The summed E-state index contributed by atoms with van der Waals surface area (Å²) in [5.74, 6) is 0.0684. The van der Waals surface area contributed by atoms with Crippen LogP contribution in [0.25, 0.3) is 11.0 Å². The number of rotatable bonds is 7. The Morgan fingerprint density at radius 3 is 2.26 bits per heavy atom. The number of carboxylic acids is 1. The Hall–Kier alpha value is -4.79. The number of carboxylic acid groups (broad SMARTS) is 1. The summed E-state index contributed by atoms with van der Waals surface area (Å²) >= 11 is 0. The molecule has 3 aromatic carbocycles. The van der Waals surface area contributed by atoms with Crippen molar-refractivity contribution >= 4 is 34.2 Å². The number of hydrogen-bond donors (Lipinski definition) is 2. The molecule has 9 heteroatoms. The molecule has 1 aromatic heterocycles. The van der Waals surface area contributed by atoms with Gasteiger partial charge >= 0.3 is 5.97 Å². The van der Waals surface area contributed by atoms with Crippen molar-refractivity contribution in [2.45, 2.75) is 0 Å². The van der Waals surface area contributed by atoms with Crippen LogP contribution in [0.4, 0.5) is 11.4 Å². The first-order valence-electron chi connectivity index (χ1n) is 10.4. The quantitative estimate of drug-likeness (QED) is 0.400. The molecule has 1 amide bonds. The van der Waals surface area contributed by atoms with Gasteiger partial charge in [0.1, 0.15) is 16.9 Å². The molecule has 0 saturated heterocycles. The maximum atomic E-state index is 13.3. The van der Waals surface area contributed by atoms with E-state index in [-0.39, 0.29) is 16.7 Å². The fourth-order valence-electron chi connectivity index (χ4n) is 3.38. The van der Waals surface area contributed by atoms with Crippen molar-refractivity contribution in [1.82, 2.24) is 0 Å². The highest BCUT2D eigenvalue weighted by atomic mass is 16.5. The number of carbonyl (C=O) groups is 2. The first-order chi connectivity index (χ1) is 16.9. The van der Waals surface area contributed by atoms with Crippen LogP contribution in [0.3, 0.4) is 0 Å². The number of ether oxygens (including phenoxy) is 3. The number of nitrogens with one attached hydrogen (secondary N) is 1. The Labute approximate surface area is 200 Å². The Bertz CT molecular complexity index is 1470. The molecule has 0 spiro atoms. The van der Waals surface area contributed by atoms with Crippen molar-refractivity contribution in [3.05, 3.63) is 83.4 Å². The molecule has 4 rings (SSSR count). The third-order valence-electron chi connectivity index (χ3n) is 5.19. The molecule has 2 N–H and O–H groups in total. The molecule has 1 heterocycles. The average Bonchev–Trinajstić information content (AvgIpc) is 2.88. The summed E-state index contributed by atoms with van der Waals surface area (Å²) in [7, 11) is 4.58. The fraction of sp³-hybridized carbons (Fsp3) is 0.115. The Morgan fingerprint density at radius 1 is 0.857 bits per heavy atom. The summed E-state index contributed by atoms with van der Waals surface area (Å²) in [6.07, 6.45) is 0. The van der Waals surface area contributed by atoms with E-state index in [4.69, 9.17) is 23.7 Å². The summed E-state index contributed by atoms with van der Waals surface area (Å²) < 4.78 is 21.8. The predicted octanol–water partition coefficient (Wildman–Crippen LogP) is 4.64. The van der Waals surface area contributed by atoms with Gasteiger partial charge in [0.05, 0.1) is 32.6 Å². The van der Waals surface area contributed by atoms with E-state index in [1.54, 1.807) is 49.6 Å². The normalized spacial score (nSPS) is 11.2. The second-order valence-corrected chi connectivity index (χ2v) is 7.36. The van der Waals surface area contributed by atoms with E-state index in [0.29, 0.717) is 39.6 Å². The summed E-state index contributed by atoms with van der Waals surface area (Å²) in [5.41, 5.74) is 1.72. The molecule has 0 radical (unpaired) electrons. The van der Waals surface area contributed by atoms with E-state index >= 15 is 0 Å². The van der Waals surface area contributed by atoms with Gasteiger partial charge in [-0.25, -0.2) is 9.79 Å². The molecule has 0 aliphatic heterocycles. The smallest absolute Gasteiger partial charge is 0.335 e. The second kappa shape index (κ2) is 10.0. The molecular weight excluding hydrogens is 452 g/mol. The third kappa shape index (κ3) is 5.09. The predicted molar refractivity (Wildman–Crippen MR) is 129 cm³/mol. The van der Waals surface area contributed by atoms with Crippen molar-refractivity contribution in [2.24, 2.45) is 4.99 Å². The van der Waals surface area contributed by atoms with Crippen molar-refractivity contribution in [3.63, 3.8) is 0 Å². The zero-order valence-electron chi connectivity index (χ0n) is 19.2. The lowest BCUT2D eigenvalue weighted by Gasteiger charge is -2.11. The van der Waals surface area contributed by atoms with Crippen molar-refractivity contribution < 1.29 is 33.3 Å². The first kappa shape index (κ1) is 23.4. The van der Waals surface area contributed by atoms with Gasteiger partial charge in [0.15, 0.2) is 11.5 Å². The average molecular weight is 474 g/mol. The zero-order valence-corrected chi connectivity index (χ0v) is 19.2. The van der Waals surface area contributed by atoms with Gasteiger partial charge in [0, 0.05) is 23.2 Å². The molecule has 9 nitrogen and oxygen atoms in total. The van der Waals surface area contributed by atoms with E-state index in [2.05, 4.69) is 10.3 Å². The fourth-order valence-corrected chi connectivity index (χ4v) is 3.38. The Kier molecular flexibility index (Phi) is 6.68. The Morgan fingerprint density at radius 2 is 1.60 bits per heavy atom. The molecule has 0 unspecified atom stereocenters. The molecule has 178 valence electrons. The number of anilines is 1.